The van der Waals surface area contributed by atoms with Crippen LogP contribution in [0.25, 0.3) is 43.4 Å². The summed E-state index contributed by atoms with van der Waals surface area (Å²) in [6.07, 6.45) is 0.398. The van der Waals surface area contributed by atoms with Gasteiger partial charge in [0.1, 0.15) is 71.6 Å². The molecule has 1 fully saturated rings. The number of thiazole rings is 6. The van der Waals surface area contributed by atoms with Gasteiger partial charge in [-0.2, -0.15) is 0 Å². The minimum Gasteiger partial charge on any atom is -0.481 e. The van der Waals surface area contributed by atoms with Gasteiger partial charge in [-0.1, -0.05) is 51.1 Å². The van der Waals surface area contributed by atoms with Crippen molar-refractivity contribution >= 4 is 121 Å². The van der Waals surface area contributed by atoms with Gasteiger partial charge in [0, 0.05) is 70.3 Å². The second-order valence-corrected chi connectivity index (χ2v) is 26.9. The predicted octanol–water partition coefficient (Wildman–Crippen LogP) is 9.19. The number of benzene rings is 1. The first kappa shape index (κ1) is 62.1. The number of Topliss-reactive ketones (excluding diaryl/α,β-unsaturated/α-hetero) is 1. The van der Waals surface area contributed by atoms with E-state index in [0.717, 1.165) is 33.1 Å². The van der Waals surface area contributed by atoms with Gasteiger partial charge in [-0.15, -0.1) is 68.0 Å². The van der Waals surface area contributed by atoms with E-state index in [0.29, 0.717) is 68.1 Å². The Balaban J connectivity index is 1.05. The number of anilines is 1. The first-order valence-electron chi connectivity index (χ1n) is 27.5. The maximum absolute atomic E-state index is 14.4. The molecule has 6 N–H and O–H groups in total. The number of amides is 5. The number of aliphatic carboxylic acids is 2. The fraction of sp³-hybridized carbons (Fsp3) is 0.362. The third-order valence-electron chi connectivity index (χ3n) is 14.9. The highest BCUT2D eigenvalue weighted by Gasteiger charge is 2.38. The van der Waals surface area contributed by atoms with Crippen molar-refractivity contribution in [3.8, 4) is 43.4 Å². The van der Waals surface area contributed by atoms with Crippen molar-refractivity contribution in [2.45, 2.75) is 90.3 Å². The molecule has 87 heavy (non-hydrogen) atoms. The fourth-order valence-corrected chi connectivity index (χ4v) is 15.9. The van der Waals surface area contributed by atoms with E-state index in [9.17, 15) is 48.6 Å². The van der Waals surface area contributed by atoms with Gasteiger partial charge in [-0.25, -0.2) is 34.9 Å². The number of nitrogens with zero attached hydrogens (tertiary/aromatic N) is 8. The molecule has 0 saturated heterocycles. The number of aryl methyl sites for hydroxylation is 1. The summed E-state index contributed by atoms with van der Waals surface area (Å²) < 4.78 is 5.49. The van der Waals surface area contributed by atoms with Crippen LogP contribution in [-0.2, 0) is 35.3 Å². The van der Waals surface area contributed by atoms with Crippen molar-refractivity contribution in [2.75, 3.05) is 32.1 Å². The highest BCUT2D eigenvalue weighted by atomic mass is 32.1. The Labute approximate surface area is 522 Å². The zero-order valence-electron chi connectivity index (χ0n) is 47.6. The number of nitrogens with one attached hydrogen (secondary N) is 4. The number of carboxylic acid groups (broad SMARTS) is 2. The van der Waals surface area contributed by atoms with E-state index in [-0.39, 0.29) is 79.2 Å². The number of hydrogen-bond donors (Lipinski definition) is 6. The van der Waals surface area contributed by atoms with E-state index in [1.807, 2.05) is 56.5 Å². The average Bonchev–Trinajstić information content (AvgIpc) is 4.47. The summed E-state index contributed by atoms with van der Waals surface area (Å²) in [7, 11) is 2.97. The fourth-order valence-electron chi connectivity index (χ4n) is 10.2. The highest BCUT2D eigenvalue weighted by Crippen LogP contribution is 2.42. The number of carbonyl (C=O) groups is 8. The number of pyridine rings is 1. The first-order chi connectivity index (χ1) is 41.8. The summed E-state index contributed by atoms with van der Waals surface area (Å²) in [5.41, 5.74) is 3.15. The topological polar surface area (TPSA) is 328 Å². The molecule has 5 amide bonds. The van der Waals surface area contributed by atoms with Crippen LogP contribution in [0.5, 0.6) is 0 Å². The Kier molecular flexibility index (Phi) is 19.3. The van der Waals surface area contributed by atoms with Crippen LogP contribution in [0.15, 0.2) is 64.0 Å². The van der Waals surface area contributed by atoms with E-state index in [1.54, 1.807) is 35.2 Å². The van der Waals surface area contributed by atoms with Gasteiger partial charge in [-0.05, 0) is 49.8 Å². The maximum atomic E-state index is 14.4. The van der Waals surface area contributed by atoms with Crippen LogP contribution in [0.3, 0.4) is 0 Å². The Morgan fingerprint density at radius 1 is 0.724 bits per heavy atom. The Hall–Kier alpha value is -7.93. The normalized spacial score (nSPS) is 18.8. The van der Waals surface area contributed by atoms with E-state index >= 15 is 0 Å². The predicted molar refractivity (Wildman–Crippen MR) is 330 cm³/mol. The number of methoxy groups -OCH3 is 1. The molecule has 1 aliphatic heterocycles. The molecule has 23 nitrogen and oxygen atoms in total. The van der Waals surface area contributed by atoms with E-state index in [2.05, 4.69) is 21.3 Å². The molecule has 8 heterocycles. The maximum Gasteiger partial charge on any atom is 0.323 e. The molecule has 1 aliphatic carbocycles. The first-order valence-corrected chi connectivity index (χ1v) is 32.7. The molecule has 10 bridgehead atoms. The number of carboxylic acids is 2. The molecule has 0 spiro atoms. The van der Waals surface area contributed by atoms with Crippen LogP contribution in [0, 0.1) is 24.7 Å². The summed E-state index contributed by atoms with van der Waals surface area (Å²) in [5, 5.41) is 40.3. The molecule has 452 valence electrons. The average molecular weight is 1290 g/mol. The molecular weight excluding hydrogens is 1230 g/mol. The lowest BCUT2D eigenvalue weighted by atomic mass is 9.90. The third-order valence-corrected chi connectivity index (χ3v) is 20.7. The van der Waals surface area contributed by atoms with Gasteiger partial charge in [0.15, 0.2) is 5.78 Å². The number of carbonyl (C=O) groups excluding carboxylic acids is 6. The number of fused-ring (bicyclic) bond motifs is 14. The minimum atomic E-state index is -1.28. The molecule has 29 heteroatoms. The van der Waals surface area contributed by atoms with Crippen LogP contribution >= 0.6 is 68.0 Å². The Morgan fingerprint density at radius 2 is 1.43 bits per heavy atom. The number of hydrogen-bond acceptors (Lipinski definition) is 22. The SMILES string of the molecule is CNC(=O)C[C@@H]1NC(=O)c2csc(n2)-c2ccc(-c3nc(N(CC(=O)O)C(=O)[C@@H]4CC[C@@H](C(=O)O)C4)cs3)nc2-c2csc(n2)-c2csc(n2)[C@H]([C@@H](C)c2ccccc2)NC(=O)CNC(=O)c2nc(sc2COC)C(C(C)C)CC(=O)c2nc1sc2C. The summed E-state index contributed by atoms with van der Waals surface area (Å²) in [4.78, 5) is 144. The standard InChI is InChI=1S/C58H58N12O11S6/c1-26(2)33-17-39(71)46-28(4)86-55(68-46)35(18-42(72)59-5)62-49(76)37-23-82-51(64-37)32-14-15-34(53-66-41(25-85-53)70(20-44(74)75)57(78)30-12-13-31(16-30)58(79)80)61-47(32)36-22-83-54(63-36)38-24-84-56(65-38)45(27(3)29-10-8-7-9-11-29)67-43(73)19-60-50(77)48-40(21-81-6)87-52(33)69-48/h7-11,14-15,22-27,30-31,33,35,45H,12-13,16-21H2,1-6H3,(H,59,72)(H,60,77)(H,62,76)(H,67,73)(H,74,75)(H,79,80)/t27-,30+,31+,33?,35-,45-/m0/s1. The molecule has 0 radical (unpaired) electrons. The molecule has 8 aromatic rings. The van der Waals surface area contributed by atoms with Gasteiger partial charge in [-0.3, -0.25) is 43.3 Å². The second-order valence-electron chi connectivity index (χ2n) is 21.1. The Bertz CT molecular complexity index is 3920. The third kappa shape index (κ3) is 13.9. The lowest BCUT2D eigenvalue weighted by molar-refractivity contribution is -0.142. The van der Waals surface area contributed by atoms with Crippen LogP contribution in [0.2, 0.25) is 0 Å². The van der Waals surface area contributed by atoms with Crippen molar-refractivity contribution in [2.24, 2.45) is 17.8 Å². The smallest absolute Gasteiger partial charge is 0.323 e. The van der Waals surface area contributed by atoms with Gasteiger partial charge in [0.2, 0.25) is 17.7 Å². The molecule has 2 aliphatic rings. The van der Waals surface area contributed by atoms with Crippen molar-refractivity contribution < 1.29 is 53.3 Å². The van der Waals surface area contributed by atoms with Crippen molar-refractivity contribution in [1.82, 2.24) is 56.2 Å². The van der Waals surface area contributed by atoms with Crippen LogP contribution < -0.4 is 26.2 Å². The number of rotatable bonds is 13. The largest absolute Gasteiger partial charge is 0.481 e. The quantitative estimate of drug-likeness (QED) is 0.0626. The summed E-state index contributed by atoms with van der Waals surface area (Å²) in [5.74, 6) is -7.54. The van der Waals surface area contributed by atoms with E-state index < -0.39 is 84.4 Å². The second kappa shape index (κ2) is 27.0. The van der Waals surface area contributed by atoms with E-state index in [1.165, 1.54) is 59.5 Å². The van der Waals surface area contributed by atoms with Gasteiger partial charge < -0.3 is 36.2 Å². The van der Waals surface area contributed by atoms with Crippen LogP contribution in [0.1, 0.15) is 139 Å². The van der Waals surface area contributed by atoms with Crippen molar-refractivity contribution in [3.63, 3.8) is 0 Å². The van der Waals surface area contributed by atoms with Crippen molar-refractivity contribution in [1.29, 1.82) is 0 Å². The summed E-state index contributed by atoms with van der Waals surface area (Å²) in [6.45, 7) is 6.55. The van der Waals surface area contributed by atoms with Gasteiger partial charge in [0.05, 0.1) is 53.2 Å². The summed E-state index contributed by atoms with van der Waals surface area (Å²) >= 11 is 7.29. The lowest BCUT2D eigenvalue weighted by Gasteiger charge is -2.24. The molecule has 1 aromatic carbocycles. The lowest BCUT2D eigenvalue weighted by Crippen LogP contribution is -2.40. The van der Waals surface area contributed by atoms with Crippen molar-refractivity contribution in [3.05, 3.63) is 111 Å². The molecule has 10 rings (SSSR count). The molecule has 6 atom stereocenters. The number of ether oxygens (including phenoxy) is 1. The Morgan fingerprint density at radius 3 is 2.15 bits per heavy atom. The minimum absolute atomic E-state index is 0.00891. The van der Waals surface area contributed by atoms with Crippen LogP contribution in [0.4, 0.5) is 5.82 Å². The monoisotopic (exact) mass is 1290 g/mol. The zero-order valence-corrected chi connectivity index (χ0v) is 52.5. The molecule has 1 saturated carbocycles. The van der Waals surface area contributed by atoms with E-state index in [4.69, 9.17) is 39.6 Å². The molecule has 7 aromatic heterocycles. The van der Waals surface area contributed by atoms with Crippen LogP contribution in [-0.4, -0.2) is 120 Å². The molecular formula is C58H58N12O11S6. The highest BCUT2D eigenvalue weighted by molar-refractivity contribution is 7.15. The summed E-state index contributed by atoms with van der Waals surface area (Å²) in [6, 6.07) is 11.4. The molecule has 1 unspecified atom stereocenters. The van der Waals surface area contributed by atoms with Gasteiger partial charge in [0.25, 0.3) is 11.8 Å². The zero-order chi connectivity index (χ0) is 61.8. The number of aromatic nitrogens is 7. The number of ketones is 1. The van der Waals surface area contributed by atoms with Gasteiger partial charge >= 0.3 is 11.9 Å².